The topological polar surface area (TPSA) is 92.0 Å². The van der Waals surface area contributed by atoms with E-state index in [-0.39, 0.29) is 18.9 Å². The molecule has 3 rings (SSSR count). The second kappa shape index (κ2) is 12.1. The molecule has 2 heterocycles. The third-order valence-electron chi connectivity index (χ3n) is 6.03. The molecule has 1 saturated heterocycles. The number of ether oxygens (including phenoxy) is 4. The SMILES string of the molecule is COc1ccc(C(CC(=O)O)c2cc(C=CCC3(C)OCCO3)n(COCC[Si](C)(C)C)n2)cc1F. The van der Waals surface area contributed by atoms with Crippen molar-refractivity contribution in [3.8, 4) is 5.75 Å². The Bertz CT molecular complexity index is 1060. The highest BCUT2D eigenvalue weighted by atomic mass is 28.3. The zero-order valence-electron chi connectivity index (χ0n) is 21.8. The first kappa shape index (κ1) is 28.0. The molecule has 1 aliphatic heterocycles. The number of benzene rings is 1. The summed E-state index contributed by atoms with van der Waals surface area (Å²) in [5, 5.41) is 14.3. The minimum absolute atomic E-state index is 0.0996. The van der Waals surface area contributed by atoms with E-state index < -0.39 is 31.6 Å². The van der Waals surface area contributed by atoms with E-state index in [1.807, 2.05) is 25.1 Å². The van der Waals surface area contributed by atoms with Crippen LogP contribution in [-0.2, 0) is 25.7 Å². The number of carboxylic acid groups (broad SMARTS) is 1. The molecule has 1 atom stereocenters. The van der Waals surface area contributed by atoms with Crippen LogP contribution in [0.25, 0.3) is 6.08 Å². The number of aliphatic carboxylic acids is 1. The molecule has 1 fully saturated rings. The maximum atomic E-state index is 14.5. The number of nitrogens with zero attached hydrogens (tertiary/aromatic N) is 2. The van der Waals surface area contributed by atoms with Gasteiger partial charge >= 0.3 is 5.97 Å². The third-order valence-corrected chi connectivity index (χ3v) is 7.73. The lowest BCUT2D eigenvalue weighted by Gasteiger charge is -2.19. The predicted octanol–water partition coefficient (Wildman–Crippen LogP) is 5.12. The van der Waals surface area contributed by atoms with Crippen molar-refractivity contribution in [1.82, 2.24) is 9.78 Å². The number of methoxy groups -OCH3 is 1. The van der Waals surface area contributed by atoms with E-state index in [2.05, 4.69) is 24.7 Å². The fraction of sp³-hybridized carbons (Fsp3) is 0.538. The van der Waals surface area contributed by atoms with Gasteiger partial charge in [0.15, 0.2) is 17.4 Å². The van der Waals surface area contributed by atoms with Gasteiger partial charge in [-0.2, -0.15) is 5.10 Å². The lowest BCUT2D eigenvalue weighted by Crippen LogP contribution is -2.24. The second-order valence-electron chi connectivity index (χ2n) is 10.3. The number of halogens is 1. The van der Waals surface area contributed by atoms with E-state index in [0.717, 1.165) is 11.7 Å². The maximum Gasteiger partial charge on any atom is 0.304 e. The Morgan fingerprint density at radius 2 is 2.03 bits per heavy atom. The molecule has 0 saturated carbocycles. The molecule has 1 aromatic carbocycles. The highest BCUT2D eigenvalue weighted by Gasteiger charge is 2.29. The summed E-state index contributed by atoms with van der Waals surface area (Å²) in [4.78, 5) is 11.7. The fourth-order valence-corrected chi connectivity index (χ4v) is 4.68. The van der Waals surface area contributed by atoms with Gasteiger partial charge < -0.3 is 24.1 Å². The third kappa shape index (κ3) is 7.99. The summed E-state index contributed by atoms with van der Waals surface area (Å²) in [7, 11) is 0.137. The Morgan fingerprint density at radius 1 is 1.31 bits per heavy atom. The Balaban J connectivity index is 1.89. The predicted molar refractivity (Wildman–Crippen MR) is 137 cm³/mol. The van der Waals surface area contributed by atoms with Crippen LogP contribution in [0.3, 0.4) is 0 Å². The van der Waals surface area contributed by atoms with Gasteiger partial charge in [-0.15, -0.1) is 0 Å². The van der Waals surface area contributed by atoms with Crippen molar-refractivity contribution in [3.63, 3.8) is 0 Å². The first-order chi connectivity index (χ1) is 17.0. The average molecular weight is 521 g/mol. The van der Waals surface area contributed by atoms with Crippen LogP contribution in [0.15, 0.2) is 30.3 Å². The largest absolute Gasteiger partial charge is 0.494 e. The number of hydrogen-bond acceptors (Lipinski definition) is 6. The minimum Gasteiger partial charge on any atom is -0.494 e. The average Bonchev–Trinajstić information content (AvgIpc) is 3.41. The van der Waals surface area contributed by atoms with Crippen LogP contribution in [0.4, 0.5) is 4.39 Å². The molecule has 0 radical (unpaired) electrons. The molecule has 1 unspecified atom stereocenters. The van der Waals surface area contributed by atoms with Crippen LogP contribution in [0.5, 0.6) is 5.75 Å². The van der Waals surface area contributed by atoms with Gasteiger partial charge in [-0.25, -0.2) is 9.07 Å². The first-order valence-corrected chi connectivity index (χ1v) is 15.9. The standard InChI is InChI=1S/C26H37FN2O6Si/c1-26(34-11-12-35-26)10-6-7-20-16-23(28-29(20)18-33-13-14-36(3,4)5)21(17-25(30)31)19-8-9-24(32-2)22(27)15-19/h6-9,15-16,21H,10-14,17-18H2,1-5H3,(H,30,31). The summed E-state index contributed by atoms with van der Waals surface area (Å²) in [6.45, 7) is 10.7. The van der Waals surface area contributed by atoms with Crippen molar-refractivity contribution in [2.45, 2.75) is 63.9 Å². The van der Waals surface area contributed by atoms with Crippen LogP contribution in [0.1, 0.15) is 42.6 Å². The smallest absolute Gasteiger partial charge is 0.304 e. The molecule has 0 amide bonds. The first-order valence-electron chi connectivity index (χ1n) is 12.1. The van der Waals surface area contributed by atoms with Crippen molar-refractivity contribution in [3.05, 3.63) is 53.1 Å². The van der Waals surface area contributed by atoms with Gasteiger partial charge in [0.2, 0.25) is 0 Å². The van der Waals surface area contributed by atoms with Crippen molar-refractivity contribution in [2.24, 2.45) is 0 Å². The number of aromatic nitrogens is 2. The molecule has 36 heavy (non-hydrogen) atoms. The molecular weight excluding hydrogens is 483 g/mol. The van der Waals surface area contributed by atoms with E-state index in [9.17, 15) is 14.3 Å². The molecule has 10 heteroatoms. The molecule has 198 valence electrons. The van der Waals surface area contributed by atoms with E-state index in [4.69, 9.17) is 18.9 Å². The van der Waals surface area contributed by atoms with Crippen LogP contribution in [0.2, 0.25) is 25.7 Å². The lowest BCUT2D eigenvalue weighted by molar-refractivity contribution is -0.138. The fourth-order valence-electron chi connectivity index (χ4n) is 3.92. The Morgan fingerprint density at radius 3 is 2.64 bits per heavy atom. The van der Waals surface area contributed by atoms with Crippen LogP contribution in [0, 0.1) is 5.82 Å². The molecule has 8 nitrogen and oxygen atoms in total. The molecule has 0 bridgehead atoms. The summed E-state index contributed by atoms with van der Waals surface area (Å²) in [5.74, 6) is -2.76. The highest BCUT2D eigenvalue weighted by Crippen LogP contribution is 2.31. The van der Waals surface area contributed by atoms with Gasteiger partial charge in [-0.1, -0.05) is 31.8 Å². The van der Waals surface area contributed by atoms with Crippen LogP contribution in [-0.4, -0.2) is 61.6 Å². The van der Waals surface area contributed by atoms with Gasteiger partial charge in [0.05, 0.1) is 38.1 Å². The molecule has 1 aromatic heterocycles. The lowest BCUT2D eigenvalue weighted by atomic mass is 9.92. The maximum absolute atomic E-state index is 14.5. The number of hydrogen-bond donors (Lipinski definition) is 1. The monoisotopic (exact) mass is 520 g/mol. The van der Waals surface area contributed by atoms with Crippen molar-refractivity contribution in [1.29, 1.82) is 0 Å². The summed E-state index contributed by atoms with van der Waals surface area (Å²) in [6.07, 6.45) is 4.17. The van der Waals surface area contributed by atoms with E-state index in [1.165, 1.54) is 19.2 Å². The summed E-state index contributed by atoms with van der Waals surface area (Å²) >= 11 is 0. The zero-order valence-corrected chi connectivity index (χ0v) is 22.8. The molecule has 1 N–H and O–H groups in total. The van der Waals surface area contributed by atoms with Gasteiger partial charge in [0, 0.05) is 27.0 Å². The molecule has 0 spiro atoms. The van der Waals surface area contributed by atoms with E-state index in [1.54, 1.807) is 10.7 Å². The quantitative estimate of drug-likeness (QED) is 0.290. The summed E-state index contributed by atoms with van der Waals surface area (Å²) in [5.41, 5.74) is 1.79. The van der Waals surface area contributed by atoms with E-state index >= 15 is 0 Å². The van der Waals surface area contributed by atoms with Gasteiger partial charge in [-0.05, 0) is 42.8 Å². The van der Waals surface area contributed by atoms with Crippen molar-refractivity contribution in [2.75, 3.05) is 26.9 Å². The molecular formula is C26H37FN2O6Si. The van der Waals surface area contributed by atoms with Crippen LogP contribution < -0.4 is 4.74 Å². The summed E-state index contributed by atoms with van der Waals surface area (Å²) in [6, 6.07) is 7.32. The highest BCUT2D eigenvalue weighted by molar-refractivity contribution is 6.76. The molecule has 1 aliphatic rings. The minimum atomic E-state index is -1.25. The Labute approximate surface area is 213 Å². The van der Waals surface area contributed by atoms with Gasteiger partial charge in [0.1, 0.15) is 6.73 Å². The van der Waals surface area contributed by atoms with Crippen LogP contribution >= 0.6 is 0 Å². The Hall–Kier alpha value is -2.53. The Kier molecular flexibility index (Phi) is 9.45. The van der Waals surface area contributed by atoms with E-state index in [0.29, 0.717) is 37.5 Å². The molecule has 0 aliphatic carbocycles. The normalized spacial score (nSPS) is 16.5. The second-order valence-corrected chi connectivity index (χ2v) is 15.9. The zero-order chi connectivity index (χ0) is 26.3. The summed E-state index contributed by atoms with van der Waals surface area (Å²) < 4.78 is 38.4. The van der Waals surface area contributed by atoms with Gasteiger partial charge in [-0.3, -0.25) is 4.79 Å². The van der Waals surface area contributed by atoms with Crippen molar-refractivity contribution < 1.29 is 33.2 Å². The number of carboxylic acids is 1. The van der Waals surface area contributed by atoms with Gasteiger partial charge in [0.25, 0.3) is 0 Å². The number of carbonyl (C=O) groups is 1. The number of rotatable bonds is 13. The van der Waals surface area contributed by atoms with Crippen molar-refractivity contribution >= 4 is 20.1 Å². The molecule has 2 aromatic rings.